The minimum absolute atomic E-state index is 0.457. The van der Waals surface area contributed by atoms with Crippen LogP contribution in [0.4, 0.5) is 0 Å². The van der Waals surface area contributed by atoms with Gasteiger partial charge in [0.1, 0.15) is 0 Å². The van der Waals surface area contributed by atoms with Gasteiger partial charge in [-0.1, -0.05) is 38.1 Å². The van der Waals surface area contributed by atoms with Crippen LogP contribution in [0.2, 0.25) is 0 Å². The van der Waals surface area contributed by atoms with Crippen LogP contribution in [-0.4, -0.2) is 9.78 Å². The van der Waals surface area contributed by atoms with Crippen LogP contribution < -0.4 is 0 Å². The van der Waals surface area contributed by atoms with Gasteiger partial charge in [0, 0.05) is 7.05 Å². The highest BCUT2D eigenvalue weighted by Crippen LogP contribution is 2.24. The summed E-state index contributed by atoms with van der Waals surface area (Å²) in [5.41, 5.74) is 4.61. The lowest BCUT2D eigenvalue weighted by molar-refractivity contribution is 0.733. The fourth-order valence-electron chi connectivity index (χ4n) is 2.08. The molecule has 2 nitrogen and oxygen atoms in total. The van der Waals surface area contributed by atoms with Gasteiger partial charge in [0.05, 0.1) is 17.3 Å². The topological polar surface area (TPSA) is 17.8 Å². The van der Waals surface area contributed by atoms with Crippen LogP contribution in [0.3, 0.4) is 0 Å². The van der Waals surface area contributed by atoms with Crippen LogP contribution in [0.15, 0.2) is 30.3 Å². The molecule has 0 spiro atoms. The predicted octanol–water partition coefficient (Wildman–Crippen LogP) is 4.34. The molecule has 0 saturated carbocycles. The fourth-order valence-corrected chi connectivity index (χ4v) is 2.21. The molecule has 0 radical (unpaired) electrons. The van der Waals surface area contributed by atoms with Crippen LogP contribution in [0.25, 0.3) is 11.3 Å². The first-order valence-corrected chi connectivity index (χ1v) is 6.88. The van der Waals surface area contributed by atoms with E-state index in [1.165, 1.54) is 17.5 Å². The number of benzene rings is 1. The number of nitrogens with zero attached hydrogens (tertiary/aromatic N) is 2. The second kappa shape index (κ2) is 5.57. The lowest BCUT2D eigenvalue weighted by Crippen LogP contribution is -1.95. The summed E-state index contributed by atoms with van der Waals surface area (Å²) < 4.78 is 1.88. The Labute approximate surface area is 114 Å². The standard InChI is InChI=1S/C15H19ClN2/c1-4-11(2)12-5-7-13(8-6-12)15-9-14(10-16)17-18(15)3/h5-9,11H,4,10H2,1-3H3. The number of halogens is 1. The SMILES string of the molecule is CCC(C)c1ccc(-c2cc(CCl)nn2C)cc1. The summed E-state index contributed by atoms with van der Waals surface area (Å²) in [7, 11) is 1.95. The van der Waals surface area contributed by atoms with E-state index < -0.39 is 0 Å². The van der Waals surface area contributed by atoms with Crippen LogP contribution in [0.1, 0.15) is 37.4 Å². The molecule has 0 N–H and O–H groups in total. The van der Waals surface area contributed by atoms with Gasteiger partial charge in [0.2, 0.25) is 0 Å². The molecule has 0 bridgehead atoms. The number of aryl methyl sites for hydroxylation is 1. The molecular formula is C15H19ClN2. The average molecular weight is 263 g/mol. The van der Waals surface area contributed by atoms with Gasteiger partial charge < -0.3 is 0 Å². The van der Waals surface area contributed by atoms with Crippen molar-refractivity contribution in [1.82, 2.24) is 9.78 Å². The van der Waals surface area contributed by atoms with E-state index in [0.29, 0.717) is 11.8 Å². The minimum Gasteiger partial charge on any atom is -0.268 e. The first-order valence-electron chi connectivity index (χ1n) is 6.35. The summed E-state index contributed by atoms with van der Waals surface area (Å²) in [5, 5.41) is 4.36. The second-order valence-corrected chi connectivity index (χ2v) is 4.98. The molecule has 0 aliphatic rings. The average Bonchev–Trinajstić information content (AvgIpc) is 2.79. The summed E-state index contributed by atoms with van der Waals surface area (Å²) in [5.74, 6) is 1.07. The van der Waals surface area contributed by atoms with Crippen LogP contribution in [0.5, 0.6) is 0 Å². The fraction of sp³-hybridized carbons (Fsp3) is 0.400. The van der Waals surface area contributed by atoms with Crippen molar-refractivity contribution >= 4 is 11.6 Å². The maximum atomic E-state index is 5.81. The van der Waals surface area contributed by atoms with Gasteiger partial charge in [-0.25, -0.2) is 0 Å². The molecule has 0 aliphatic heterocycles. The molecule has 1 aromatic carbocycles. The van der Waals surface area contributed by atoms with E-state index in [0.717, 1.165) is 11.4 Å². The summed E-state index contributed by atoms with van der Waals surface area (Å²) >= 11 is 5.81. The van der Waals surface area contributed by atoms with Crippen LogP contribution >= 0.6 is 11.6 Å². The lowest BCUT2D eigenvalue weighted by atomic mass is 9.97. The number of hydrogen-bond acceptors (Lipinski definition) is 1. The smallest absolute Gasteiger partial charge is 0.0778 e. The molecule has 96 valence electrons. The monoisotopic (exact) mass is 262 g/mol. The highest BCUT2D eigenvalue weighted by Gasteiger charge is 2.08. The molecule has 1 atom stereocenters. The van der Waals surface area contributed by atoms with Crippen molar-refractivity contribution < 1.29 is 0 Å². The molecular weight excluding hydrogens is 244 g/mol. The van der Waals surface area contributed by atoms with Crippen LogP contribution in [0, 0.1) is 0 Å². The number of alkyl halides is 1. The van der Waals surface area contributed by atoms with Gasteiger partial charge >= 0.3 is 0 Å². The first kappa shape index (κ1) is 13.2. The predicted molar refractivity (Wildman–Crippen MR) is 76.9 cm³/mol. The van der Waals surface area contributed by atoms with Crippen molar-refractivity contribution in [2.24, 2.45) is 7.05 Å². The van der Waals surface area contributed by atoms with Crippen molar-refractivity contribution in [3.8, 4) is 11.3 Å². The Morgan fingerprint density at radius 1 is 1.28 bits per heavy atom. The number of hydrogen-bond donors (Lipinski definition) is 0. The molecule has 1 unspecified atom stereocenters. The largest absolute Gasteiger partial charge is 0.268 e. The van der Waals surface area contributed by atoms with Gasteiger partial charge in [-0.3, -0.25) is 4.68 Å². The van der Waals surface area contributed by atoms with Crippen molar-refractivity contribution in [2.45, 2.75) is 32.1 Å². The maximum absolute atomic E-state index is 5.81. The van der Waals surface area contributed by atoms with Crippen LogP contribution in [-0.2, 0) is 12.9 Å². The Hall–Kier alpha value is -1.28. The van der Waals surface area contributed by atoms with E-state index in [1.807, 2.05) is 17.8 Å². The Kier molecular flexibility index (Phi) is 4.07. The molecule has 0 fully saturated rings. The molecule has 0 amide bonds. The zero-order chi connectivity index (χ0) is 13.1. The van der Waals surface area contributed by atoms with Gasteiger partial charge in [0.25, 0.3) is 0 Å². The van der Waals surface area contributed by atoms with Crippen molar-refractivity contribution in [2.75, 3.05) is 0 Å². The van der Waals surface area contributed by atoms with Gasteiger partial charge in [0.15, 0.2) is 0 Å². The molecule has 0 saturated heterocycles. The van der Waals surface area contributed by atoms with Gasteiger partial charge in [-0.15, -0.1) is 11.6 Å². The van der Waals surface area contributed by atoms with E-state index in [4.69, 9.17) is 11.6 Å². The molecule has 0 aliphatic carbocycles. The van der Waals surface area contributed by atoms with Crippen molar-refractivity contribution in [1.29, 1.82) is 0 Å². The number of rotatable bonds is 4. The highest BCUT2D eigenvalue weighted by molar-refractivity contribution is 6.16. The number of aromatic nitrogens is 2. The van der Waals surface area contributed by atoms with Gasteiger partial charge in [-0.2, -0.15) is 5.10 Å². The summed E-state index contributed by atoms with van der Waals surface area (Å²) in [6.07, 6.45) is 1.17. The Morgan fingerprint density at radius 2 is 1.94 bits per heavy atom. The summed E-state index contributed by atoms with van der Waals surface area (Å²) in [6.45, 7) is 4.47. The Morgan fingerprint density at radius 3 is 2.44 bits per heavy atom. The zero-order valence-electron chi connectivity index (χ0n) is 11.2. The third-order valence-corrected chi connectivity index (χ3v) is 3.73. The van der Waals surface area contributed by atoms with E-state index in [-0.39, 0.29) is 0 Å². The van der Waals surface area contributed by atoms with E-state index in [9.17, 15) is 0 Å². The third kappa shape index (κ3) is 2.59. The maximum Gasteiger partial charge on any atom is 0.0778 e. The van der Waals surface area contributed by atoms with Crippen molar-refractivity contribution in [3.63, 3.8) is 0 Å². The first-order chi connectivity index (χ1) is 8.65. The second-order valence-electron chi connectivity index (χ2n) is 4.71. The summed E-state index contributed by atoms with van der Waals surface area (Å²) in [6, 6.07) is 10.8. The third-order valence-electron chi connectivity index (χ3n) is 3.46. The quantitative estimate of drug-likeness (QED) is 0.750. The minimum atomic E-state index is 0.457. The van der Waals surface area contributed by atoms with E-state index in [1.54, 1.807) is 0 Å². The molecule has 1 aromatic heterocycles. The highest BCUT2D eigenvalue weighted by atomic mass is 35.5. The molecule has 18 heavy (non-hydrogen) atoms. The van der Waals surface area contributed by atoms with Crippen molar-refractivity contribution in [3.05, 3.63) is 41.6 Å². The van der Waals surface area contributed by atoms with Gasteiger partial charge in [-0.05, 0) is 29.5 Å². The molecule has 3 heteroatoms. The summed E-state index contributed by atoms with van der Waals surface area (Å²) in [4.78, 5) is 0. The normalized spacial score (nSPS) is 12.7. The van der Waals surface area contributed by atoms with E-state index >= 15 is 0 Å². The molecule has 2 rings (SSSR count). The zero-order valence-corrected chi connectivity index (χ0v) is 11.9. The molecule has 1 heterocycles. The van der Waals surface area contributed by atoms with E-state index in [2.05, 4.69) is 43.2 Å². The Bertz CT molecular complexity index is 514. The Balaban J connectivity index is 2.31. The lowest BCUT2D eigenvalue weighted by Gasteiger charge is -2.09. The molecule has 2 aromatic rings.